The van der Waals surface area contributed by atoms with E-state index in [4.69, 9.17) is 4.74 Å². The van der Waals surface area contributed by atoms with Gasteiger partial charge >= 0.3 is 11.9 Å². The summed E-state index contributed by atoms with van der Waals surface area (Å²) in [6.45, 7) is 0.443. The molecule has 1 aliphatic rings. The average Bonchev–Trinajstić information content (AvgIpc) is 3.34. The quantitative estimate of drug-likeness (QED) is 0.592. The van der Waals surface area contributed by atoms with Crippen molar-refractivity contribution in [3.05, 3.63) is 92.3 Å². The van der Waals surface area contributed by atoms with Crippen molar-refractivity contribution in [3.8, 4) is 5.69 Å². The molecule has 3 aromatic rings. The molecular formula is C23H21F3N4O4. The highest BCUT2D eigenvalue weighted by Gasteiger charge is 2.30. The second kappa shape index (κ2) is 9.64. The lowest BCUT2D eigenvalue weighted by molar-refractivity contribution is -0.137. The highest BCUT2D eigenvalue weighted by atomic mass is 19.4. The third kappa shape index (κ3) is 5.09. The molecule has 178 valence electrons. The van der Waals surface area contributed by atoms with E-state index in [0.29, 0.717) is 12.3 Å². The number of halogens is 3. The summed E-state index contributed by atoms with van der Waals surface area (Å²) in [6.07, 6.45) is -3.04. The van der Waals surface area contributed by atoms with Crippen LogP contribution in [0, 0.1) is 0 Å². The van der Waals surface area contributed by atoms with Gasteiger partial charge in [0, 0.05) is 13.2 Å². The molecule has 0 saturated carbocycles. The van der Waals surface area contributed by atoms with Gasteiger partial charge in [0.05, 0.1) is 23.9 Å². The molecule has 34 heavy (non-hydrogen) atoms. The number of benzene rings is 2. The molecule has 0 bridgehead atoms. The molecule has 11 heteroatoms. The third-order valence-electron chi connectivity index (χ3n) is 5.41. The minimum Gasteiger partial charge on any atom is -0.376 e. The second-order valence-corrected chi connectivity index (χ2v) is 7.81. The number of ether oxygens (including phenoxy) is 1. The first kappa shape index (κ1) is 23.4. The fraction of sp³-hybridized carbons (Fsp3) is 0.304. The summed E-state index contributed by atoms with van der Waals surface area (Å²) in [5.74, 6) is -0.772. The van der Waals surface area contributed by atoms with Gasteiger partial charge in [0.25, 0.3) is 11.5 Å². The standard InChI is InChI=1S/C23H21F3N4O4/c24-23(25,26)16-10-8-15(9-11-16)14-29-21(32)19(20(31)27-13-18-7-4-12-34-18)28-30(22(29)33)17-5-2-1-3-6-17/h1-3,5-6,8-11,18H,4,7,12-14H2,(H,27,31). The fourth-order valence-electron chi connectivity index (χ4n) is 3.61. The maximum atomic E-state index is 13.1. The van der Waals surface area contributed by atoms with Gasteiger partial charge in [0.15, 0.2) is 0 Å². The first-order valence-corrected chi connectivity index (χ1v) is 10.6. The topological polar surface area (TPSA) is 95.2 Å². The predicted octanol–water partition coefficient (Wildman–Crippen LogP) is 2.37. The van der Waals surface area contributed by atoms with Crippen molar-refractivity contribution in [2.45, 2.75) is 31.7 Å². The van der Waals surface area contributed by atoms with Gasteiger partial charge in [-0.25, -0.2) is 4.79 Å². The van der Waals surface area contributed by atoms with E-state index in [1.807, 2.05) is 0 Å². The minimum atomic E-state index is -4.51. The normalized spacial score (nSPS) is 15.9. The van der Waals surface area contributed by atoms with Gasteiger partial charge in [0.1, 0.15) is 0 Å². The van der Waals surface area contributed by atoms with Crippen LogP contribution in [0.2, 0.25) is 0 Å². The first-order valence-electron chi connectivity index (χ1n) is 10.6. The van der Waals surface area contributed by atoms with Crippen LogP contribution in [-0.4, -0.2) is 39.5 Å². The zero-order valence-electron chi connectivity index (χ0n) is 17.9. The van der Waals surface area contributed by atoms with Crippen molar-refractivity contribution in [2.75, 3.05) is 13.2 Å². The van der Waals surface area contributed by atoms with Gasteiger partial charge in [-0.15, -0.1) is 0 Å². The van der Waals surface area contributed by atoms with E-state index >= 15 is 0 Å². The van der Waals surface area contributed by atoms with Crippen LogP contribution in [0.1, 0.15) is 34.5 Å². The predicted molar refractivity (Wildman–Crippen MR) is 116 cm³/mol. The molecule has 0 radical (unpaired) electrons. The van der Waals surface area contributed by atoms with Crippen LogP contribution in [0.25, 0.3) is 5.69 Å². The Kier molecular flexibility index (Phi) is 6.64. The molecule has 1 aromatic heterocycles. The van der Waals surface area contributed by atoms with E-state index in [9.17, 15) is 27.6 Å². The second-order valence-electron chi connectivity index (χ2n) is 7.81. The summed E-state index contributed by atoms with van der Waals surface area (Å²) in [5.41, 5.74) is -2.53. The van der Waals surface area contributed by atoms with E-state index < -0.39 is 34.6 Å². The molecule has 0 spiro atoms. The summed E-state index contributed by atoms with van der Waals surface area (Å²) in [5, 5.41) is 6.62. The number of nitrogens with one attached hydrogen (secondary N) is 1. The van der Waals surface area contributed by atoms with Crippen molar-refractivity contribution >= 4 is 5.91 Å². The van der Waals surface area contributed by atoms with Crippen molar-refractivity contribution in [1.29, 1.82) is 0 Å². The average molecular weight is 474 g/mol. The molecule has 1 unspecified atom stereocenters. The Bertz CT molecular complexity index is 1280. The van der Waals surface area contributed by atoms with E-state index in [2.05, 4.69) is 10.4 Å². The largest absolute Gasteiger partial charge is 0.416 e. The van der Waals surface area contributed by atoms with Gasteiger partial charge in [-0.3, -0.25) is 14.2 Å². The Hall–Kier alpha value is -3.73. The Labute approximate surface area is 191 Å². The van der Waals surface area contributed by atoms with E-state index in [1.54, 1.807) is 30.3 Å². The Morgan fingerprint density at radius 1 is 1.09 bits per heavy atom. The third-order valence-corrected chi connectivity index (χ3v) is 5.41. The zero-order chi connectivity index (χ0) is 24.3. The molecule has 1 N–H and O–H groups in total. The van der Waals surface area contributed by atoms with E-state index in [-0.39, 0.29) is 24.8 Å². The van der Waals surface area contributed by atoms with E-state index in [0.717, 1.165) is 34.2 Å². The van der Waals surface area contributed by atoms with Crippen molar-refractivity contribution < 1.29 is 22.7 Å². The molecule has 1 amide bonds. The van der Waals surface area contributed by atoms with Gasteiger partial charge < -0.3 is 10.1 Å². The summed E-state index contributed by atoms with van der Waals surface area (Å²) in [7, 11) is 0. The van der Waals surface area contributed by atoms with Gasteiger partial charge in [-0.05, 0) is 42.7 Å². The molecule has 2 aromatic carbocycles. The van der Waals surface area contributed by atoms with Crippen LogP contribution < -0.4 is 16.6 Å². The van der Waals surface area contributed by atoms with Crippen LogP contribution in [0.15, 0.2) is 64.2 Å². The molecular weight excluding hydrogens is 453 g/mol. The Balaban J connectivity index is 1.72. The van der Waals surface area contributed by atoms with Gasteiger partial charge in [-0.1, -0.05) is 30.3 Å². The Morgan fingerprint density at radius 3 is 2.41 bits per heavy atom. The summed E-state index contributed by atoms with van der Waals surface area (Å²) < 4.78 is 45.8. The SMILES string of the molecule is O=C(NCC1CCCO1)c1nn(-c2ccccc2)c(=O)n(Cc2ccc(C(F)(F)F)cc2)c1=O. The number of aromatic nitrogens is 3. The minimum absolute atomic E-state index is 0.168. The van der Waals surface area contributed by atoms with Crippen LogP contribution in [0.5, 0.6) is 0 Å². The maximum absolute atomic E-state index is 13.1. The molecule has 1 atom stereocenters. The van der Waals surface area contributed by atoms with Crippen molar-refractivity contribution in [3.63, 3.8) is 0 Å². The molecule has 1 saturated heterocycles. The van der Waals surface area contributed by atoms with Gasteiger partial charge in [0.2, 0.25) is 5.69 Å². The number of para-hydroxylation sites is 1. The molecule has 2 heterocycles. The lowest BCUT2D eigenvalue weighted by atomic mass is 10.1. The van der Waals surface area contributed by atoms with Crippen molar-refractivity contribution in [2.24, 2.45) is 0 Å². The Morgan fingerprint density at radius 2 is 1.79 bits per heavy atom. The van der Waals surface area contributed by atoms with Crippen LogP contribution >= 0.6 is 0 Å². The number of hydrogen-bond acceptors (Lipinski definition) is 5. The van der Waals surface area contributed by atoms with E-state index in [1.165, 1.54) is 12.1 Å². The first-order chi connectivity index (χ1) is 16.2. The number of nitrogens with zero attached hydrogens (tertiary/aromatic N) is 3. The number of carbonyl (C=O) groups excluding carboxylic acids is 1. The molecule has 1 fully saturated rings. The number of hydrogen-bond donors (Lipinski definition) is 1. The van der Waals surface area contributed by atoms with Crippen LogP contribution in [-0.2, 0) is 17.5 Å². The number of amides is 1. The molecule has 8 nitrogen and oxygen atoms in total. The van der Waals surface area contributed by atoms with Crippen molar-refractivity contribution in [1.82, 2.24) is 19.7 Å². The molecule has 0 aliphatic carbocycles. The molecule has 4 rings (SSSR count). The van der Waals surface area contributed by atoms with Crippen LogP contribution in [0.4, 0.5) is 13.2 Å². The highest BCUT2D eigenvalue weighted by Crippen LogP contribution is 2.29. The number of carbonyl (C=O) groups is 1. The van der Waals surface area contributed by atoms with Crippen LogP contribution in [0.3, 0.4) is 0 Å². The summed E-state index contributed by atoms with van der Waals surface area (Å²) in [4.78, 5) is 38.9. The highest BCUT2D eigenvalue weighted by molar-refractivity contribution is 5.91. The number of alkyl halides is 3. The number of rotatable bonds is 6. The van der Waals surface area contributed by atoms with Gasteiger partial charge in [-0.2, -0.15) is 23.0 Å². The molecule has 1 aliphatic heterocycles. The lowest BCUT2D eigenvalue weighted by Crippen LogP contribution is -2.46. The maximum Gasteiger partial charge on any atom is 0.416 e. The monoisotopic (exact) mass is 474 g/mol. The smallest absolute Gasteiger partial charge is 0.376 e. The fourth-order valence-corrected chi connectivity index (χ4v) is 3.61. The lowest BCUT2D eigenvalue weighted by Gasteiger charge is -2.14. The summed E-state index contributed by atoms with van der Waals surface area (Å²) >= 11 is 0. The summed E-state index contributed by atoms with van der Waals surface area (Å²) in [6, 6.07) is 12.3. The zero-order valence-corrected chi connectivity index (χ0v) is 17.9.